The summed E-state index contributed by atoms with van der Waals surface area (Å²) in [5.74, 6) is 1.34. The molecule has 4 aromatic rings. The third-order valence-corrected chi connectivity index (χ3v) is 7.60. The Morgan fingerprint density at radius 2 is 1.97 bits per heavy atom. The number of carbonyl (C=O) groups is 1. The quantitative estimate of drug-likeness (QED) is 0.214. The number of thiophene rings is 1. The van der Waals surface area contributed by atoms with Gasteiger partial charge in [-0.05, 0) is 30.0 Å². The summed E-state index contributed by atoms with van der Waals surface area (Å²) in [6.07, 6.45) is 1.53. The third kappa shape index (κ3) is 5.89. The van der Waals surface area contributed by atoms with Crippen molar-refractivity contribution in [3.05, 3.63) is 41.3 Å². The van der Waals surface area contributed by atoms with Crippen LogP contribution in [0.2, 0.25) is 0 Å². The molecule has 0 bridgehead atoms. The van der Waals surface area contributed by atoms with Crippen molar-refractivity contribution in [2.24, 2.45) is 0 Å². The van der Waals surface area contributed by atoms with E-state index in [1.165, 1.54) is 6.33 Å². The Balaban J connectivity index is 0.00000107. The Morgan fingerprint density at radius 3 is 2.68 bits per heavy atom. The van der Waals surface area contributed by atoms with Gasteiger partial charge in [-0.25, -0.2) is 9.50 Å². The molecule has 3 aromatic heterocycles. The third-order valence-electron chi connectivity index (χ3n) is 6.41. The predicted octanol–water partition coefficient (Wildman–Crippen LogP) is 2.78. The van der Waals surface area contributed by atoms with E-state index in [2.05, 4.69) is 45.4 Å². The predicted molar refractivity (Wildman–Crippen MR) is 148 cm³/mol. The van der Waals surface area contributed by atoms with Gasteiger partial charge < -0.3 is 30.4 Å². The first-order chi connectivity index (χ1) is 18.5. The number of carboxylic acid groups (broad SMARTS) is 1. The van der Waals surface area contributed by atoms with Crippen LogP contribution in [-0.2, 0) is 27.4 Å². The lowest BCUT2D eigenvalue weighted by Crippen LogP contribution is -2.43. The van der Waals surface area contributed by atoms with Crippen LogP contribution in [0.5, 0.6) is 5.75 Å². The van der Waals surface area contributed by atoms with E-state index in [4.69, 9.17) is 29.8 Å². The maximum Gasteiger partial charge on any atom is 0.290 e. The van der Waals surface area contributed by atoms with Crippen LogP contribution in [0.25, 0.3) is 26.0 Å². The van der Waals surface area contributed by atoms with Gasteiger partial charge >= 0.3 is 0 Å². The summed E-state index contributed by atoms with van der Waals surface area (Å²) in [7, 11) is 3.40. The van der Waals surface area contributed by atoms with Gasteiger partial charge in [0.15, 0.2) is 5.82 Å². The van der Waals surface area contributed by atoms with Gasteiger partial charge in [-0.3, -0.25) is 9.69 Å². The Labute approximate surface area is 225 Å². The standard InChI is InChI=1S/C25H32N6O3S.CH2O2/c1-16-10-17-12-21(35-24(17)20(11-16)33-3)22-18(14-34-9-8-32-2)19(13-30-6-4-27-5-7-30)31-23(22)25(26)28-15-29-31;2-1-3/h10-12,15,27H,4-9,13-14H2,1-3H3,(H2,26,28,29);1H,(H,2,3). The second-order valence-electron chi connectivity index (χ2n) is 8.88. The van der Waals surface area contributed by atoms with Gasteiger partial charge in [0.1, 0.15) is 17.6 Å². The van der Waals surface area contributed by atoms with Gasteiger partial charge in [-0.15, -0.1) is 11.3 Å². The van der Waals surface area contributed by atoms with Crippen LogP contribution < -0.4 is 15.8 Å². The number of nitrogens with one attached hydrogen (secondary N) is 1. The highest BCUT2D eigenvalue weighted by Gasteiger charge is 2.26. The first kappa shape index (κ1) is 27.7. The molecule has 204 valence electrons. The van der Waals surface area contributed by atoms with Crippen molar-refractivity contribution in [2.45, 2.75) is 20.1 Å². The lowest BCUT2D eigenvalue weighted by atomic mass is 10.1. The Morgan fingerprint density at radius 1 is 1.21 bits per heavy atom. The fraction of sp³-hybridized carbons (Fsp3) is 0.423. The molecular weight excluding hydrogens is 508 g/mol. The molecule has 1 aliphatic heterocycles. The summed E-state index contributed by atoms with van der Waals surface area (Å²) in [6.45, 7) is 7.99. The van der Waals surface area contributed by atoms with Crippen LogP contribution in [0.3, 0.4) is 0 Å². The summed E-state index contributed by atoms with van der Waals surface area (Å²) in [6, 6.07) is 6.47. The minimum Gasteiger partial charge on any atom is -0.495 e. The maximum atomic E-state index is 8.36. The molecule has 0 atom stereocenters. The number of nitrogens with two attached hydrogens (primary N) is 1. The molecule has 4 heterocycles. The van der Waals surface area contributed by atoms with E-state index < -0.39 is 0 Å². The van der Waals surface area contributed by atoms with E-state index >= 15 is 0 Å². The molecule has 1 aromatic carbocycles. The number of nitrogen functional groups attached to an aromatic ring is 1. The smallest absolute Gasteiger partial charge is 0.290 e. The number of ether oxygens (including phenoxy) is 3. The molecule has 0 saturated carbocycles. The molecular formula is C26H34N6O5S. The second-order valence-corrected chi connectivity index (χ2v) is 9.93. The van der Waals surface area contributed by atoms with Crippen LogP contribution in [0.15, 0.2) is 24.5 Å². The highest BCUT2D eigenvalue weighted by Crippen LogP contribution is 2.44. The number of fused-ring (bicyclic) bond motifs is 2. The zero-order valence-electron chi connectivity index (χ0n) is 21.9. The molecule has 0 unspecified atom stereocenters. The van der Waals surface area contributed by atoms with Gasteiger partial charge in [0.05, 0.1) is 37.3 Å². The van der Waals surface area contributed by atoms with Crippen LogP contribution in [0, 0.1) is 6.92 Å². The number of hydrogen-bond donors (Lipinski definition) is 3. The first-order valence-corrected chi connectivity index (χ1v) is 13.1. The summed E-state index contributed by atoms with van der Waals surface area (Å²) < 4.78 is 20.1. The number of rotatable bonds is 9. The lowest BCUT2D eigenvalue weighted by molar-refractivity contribution is -0.122. The number of methoxy groups -OCH3 is 2. The molecule has 1 aliphatic rings. The fourth-order valence-electron chi connectivity index (χ4n) is 4.74. The molecule has 1 fully saturated rings. The minimum absolute atomic E-state index is 0.250. The summed E-state index contributed by atoms with van der Waals surface area (Å²) in [4.78, 5) is 16.2. The minimum atomic E-state index is -0.250. The van der Waals surface area contributed by atoms with E-state index in [0.29, 0.717) is 25.6 Å². The van der Waals surface area contributed by atoms with Gasteiger partial charge in [0, 0.05) is 55.8 Å². The average molecular weight is 543 g/mol. The number of nitrogens with zero attached hydrogens (tertiary/aromatic N) is 4. The van der Waals surface area contributed by atoms with Crippen LogP contribution >= 0.6 is 11.3 Å². The van der Waals surface area contributed by atoms with Gasteiger partial charge in [-0.2, -0.15) is 5.10 Å². The monoisotopic (exact) mass is 542 g/mol. The van der Waals surface area contributed by atoms with Crippen molar-refractivity contribution in [1.29, 1.82) is 0 Å². The van der Waals surface area contributed by atoms with Crippen LogP contribution in [-0.4, -0.2) is 84.7 Å². The molecule has 5 rings (SSSR count). The number of hydrogen-bond acceptors (Lipinski definition) is 10. The zero-order valence-corrected chi connectivity index (χ0v) is 22.7. The summed E-state index contributed by atoms with van der Waals surface area (Å²) in [5, 5.41) is 16.1. The molecule has 0 radical (unpaired) electrons. The molecule has 0 amide bonds. The summed E-state index contributed by atoms with van der Waals surface area (Å²) in [5.41, 5.74) is 11.7. The zero-order chi connectivity index (χ0) is 27.1. The average Bonchev–Trinajstić information content (AvgIpc) is 3.47. The highest BCUT2D eigenvalue weighted by molar-refractivity contribution is 7.22. The molecule has 4 N–H and O–H groups in total. The second kappa shape index (κ2) is 13.0. The Hall–Kier alpha value is -3.29. The number of aryl methyl sites for hydroxylation is 1. The molecule has 0 aliphatic carbocycles. The van der Waals surface area contributed by atoms with Crippen LogP contribution in [0.1, 0.15) is 16.8 Å². The van der Waals surface area contributed by atoms with Crippen molar-refractivity contribution in [3.8, 4) is 16.2 Å². The maximum absolute atomic E-state index is 8.36. The number of piperazine rings is 1. The summed E-state index contributed by atoms with van der Waals surface area (Å²) >= 11 is 1.70. The molecule has 11 nitrogen and oxygen atoms in total. The molecule has 12 heteroatoms. The van der Waals surface area contributed by atoms with Gasteiger partial charge in [0.2, 0.25) is 0 Å². The van der Waals surface area contributed by atoms with Crippen molar-refractivity contribution in [2.75, 3.05) is 59.3 Å². The van der Waals surface area contributed by atoms with Crippen molar-refractivity contribution < 1.29 is 24.1 Å². The molecule has 0 spiro atoms. The largest absolute Gasteiger partial charge is 0.495 e. The number of aromatic nitrogens is 3. The number of benzene rings is 1. The van der Waals surface area contributed by atoms with Crippen molar-refractivity contribution in [1.82, 2.24) is 24.8 Å². The lowest BCUT2D eigenvalue weighted by Gasteiger charge is -2.27. The van der Waals surface area contributed by atoms with Gasteiger partial charge in [-0.1, -0.05) is 6.07 Å². The van der Waals surface area contributed by atoms with E-state index in [1.54, 1.807) is 25.6 Å². The van der Waals surface area contributed by atoms with Crippen molar-refractivity contribution >= 4 is 39.2 Å². The van der Waals surface area contributed by atoms with Crippen molar-refractivity contribution in [3.63, 3.8) is 0 Å². The van der Waals surface area contributed by atoms with E-state index in [0.717, 1.165) is 81.3 Å². The molecule has 1 saturated heterocycles. The first-order valence-electron chi connectivity index (χ1n) is 12.3. The Bertz CT molecular complexity index is 1380. The van der Waals surface area contributed by atoms with E-state index in [1.807, 2.05) is 4.52 Å². The topological polar surface area (TPSA) is 136 Å². The van der Waals surface area contributed by atoms with E-state index in [-0.39, 0.29) is 6.47 Å². The fourth-order valence-corrected chi connectivity index (χ4v) is 5.95. The normalized spacial score (nSPS) is 14.0. The number of anilines is 1. The van der Waals surface area contributed by atoms with Gasteiger partial charge in [0.25, 0.3) is 6.47 Å². The molecule has 38 heavy (non-hydrogen) atoms. The SMILES string of the molecule is COCCOCc1c(-c2cc3cc(C)cc(OC)c3s2)c2c(N)ncnn2c1CN1CCNCC1.O=CO. The Kier molecular flexibility index (Phi) is 9.48. The van der Waals surface area contributed by atoms with E-state index in [9.17, 15) is 0 Å². The highest BCUT2D eigenvalue weighted by atomic mass is 32.1. The van der Waals surface area contributed by atoms with Crippen LogP contribution in [0.4, 0.5) is 5.82 Å².